The molecule has 8 heteroatoms. The minimum absolute atomic E-state index is 0.0897. The molecule has 0 aromatic carbocycles. The first-order chi connectivity index (χ1) is 13.2. The molecule has 1 aliphatic rings. The quantitative estimate of drug-likeness (QED) is 0.750. The molecule has 4 rings (SSSR count). The van der Waals surface area contributed by atoms with Crippen LogP contribution >= 0.6 is 11.3 Å². The highest BCUT2D eigenvalue weighted by Gasteiger charge is 2.26. The molecule has 1 fully saturated rings. The first kappa shape index (κ1) is 17.4. The Morgan fingerprint density at radius 2 is 1.81 bits per heavy atom. The fourth-order valence-corrected chi connectivity index (χ4v) is 3.80. The summed E-state index contributed by atoms with van der Waals surface area (Å²) in [4.78, 5) is 33.7. The van der Waals surface area contributed by atoms with Crippen molar-refractivity contribution in [3.8, 4) is 11.3 Å². The maximum atomic E-state index is 12.7. The summed E-state index contributed by atoms with van der Waals surface area (Å²) in [7, 11) is 0. The average Bonchev–Trinajstić information content (AvgIpc) is 3.40. The predicted octanol–water partition coefficient (Wildman–Crippen LogP) is 2.06. The van der Waals surface area contributed by atoms with Gasteiger partial charge >= 0.3 is 0 Å². The van der Waals surface area contributed by atoms with Gasteiger partial charge in [-0.15, -0.1) is 11.3 Å². The minimum atomic E-state index is -0.0897. The van der Waals surface area contributed by atoms with E-state index in [-0.39, 0.29) is 11.8 Å². The molecule has 27 heavy (non-hydrogen) atoms. The zero-order valence-electron chi connectivity index (χ0n) is 14.7. The van der Waals surface area contributed by atoms with E-state index in [1.54, 1.807) is 34.7 Å². The highest BCUT2D eigenvalue weighted by Crippen LogP contribution is 2.18. The number of amides is 2. The molecular formula is C19H19N5O2S. The van der Waals surface area contributed by atoms with Crippen molar-refractivity contribution in [1.82, 2.24) is 25.0 Å². The van der Waals surface area contributed by atoms with Gasteiger partial charge in [0.25, 0.3) is 5.91 Å². The number of pyridine rings is 1. The van der Waals surface area contributed by atoms with E-state index in [1.165, 1.54) is 0 Å². The lowest BCUT2D eigenvalue weighted by atomic mass is 10.2. The van der Waals surface area contributed by atoms with Crippen LogP contribution in [0.3, 0.4) is 0 Å². The molecule has 4 heterocycles. The second-order valence-electron chi connectivity index (χ2n) is 6.33. The number of hydrogen-bond acceptors (Lipinski definition) is 5. The van der Waals surface area contributed by atoms with Crippen LogP contribution in [-0.4, -0.2) is 63.0 Å². The Kier molecular flexibility index (Phi) is 4.97. The highest BCUT2D eigenvalue weighted by molar-refractivity contribution is 7.10. The second-order valence-corrected chi connectivity index (χ2v) is 7.36. The number of nitrogens with one attached hydrogen (secondary N) is 1. The van der Waals surface area contributed by atoms with Gasteiger partial charge in [0.15, 0.2) is 0 Å². The van der Waals surface area contributed by atoms with Crippen molar-refractivity contribution in [1.29, 1.82) is 0 Å². The predicted molar refractivity (Wildman–Crippen MR) is 102 cm³/mol. The van der Waals surface area contributed by atoms with E-state index in [2.05, 4.69) is 15.2 Å². The van der Waals surface area contributed by atoms with Gasteiger partial charge in [-0.3, -0.25) is 19.7 Å². The van der Waals surface area contributed by atoms with Crippen LogP contribution in [0.25, 0.3) is 11.3 Å². The van der Waals surface area contributed by atoms with E-state index >= 15 is 0 Å². The number of carbonyl (C=O) groups excluding carboxylic acids is 2. The van der Waals surface area contributed by atoms with E-state index in [9.17, 15) is 9.59 Å². The van der Waals surface area contributed by atoms with E-state index in [0.29, 0.717) is 44.0 Å². The number of piperazine rings is 1. The number of thiophene rings is 1. The average molecular weight is 381 g/mol. The maximum absolute atomic E-state index is 12.7. The smallest absolute Gasteiger partial charge is 0.272 e. The molecule has 2 amide bonds. The summed E-state index contributed by atoms with van der Waals surface area (Å²) in [5.41, 5.74) is 2.08. The molecule has 3 aromatic heterocycles. The molecule has 0 aliphatic carbocycles. The van der Waals surface area contributed by atoms with Crippen LogP contribution in [0.2, 0.25) is 0 Å². The molecule has 3 aromatic rings. The lowest BCUT2D eigenvalue weighted by Crippen LogP contribution is -2.51. The first-order valence-electron chi connectivity index (χ1n) is 8.76. The van der Waals surface area contributed by atoms with Crippen LogP contribution in [-0.2, 0) is 11.2 Å². The number of carbonyl (C=O) groups is 2. The number of aromatic amines is 1. The monoisotopic (exact) mass is 381 g/mol. The molecule has 138 valence electrons. The van der Waals surface area contributed by atoms with E-state index in [4.69, 9.17) is 0 Å². The number of nitrogens with zero attached hydrogens (tertiary/aromatic N) is 4. The Morgan fingerprint density at radius 3 is 2.52 bits per heavy atom. The molecule has 7 nitrogen and oxygen atoms in total. The zero-order chi connectivity index (χ0) is 18.6. The van der Waals surface area contributed by atoms with Crippen LogP contribution < -0.4 is 0 Å². The first-order valence-corrected chi connectivity index (χ1v) is 9.64. The molecule has 1 saturated heterocycles. The summed E-state index contributed by atoms with van der Waals surface area (Å²) in [6, 6.07) is 9.38. The van der Waals surface area contributed by atoms with Gasteiger partial charge < -0.3 is 9.80 Å². The normalized spacial score (nSPS) is 14.4. The van der Waals surface area contributed by atoms with Crippen molar-refractivity contribution < 1.29 is 9.59 Å². The van der Waals surface area contributed by atoms with Gasteiger partial charge in [0, 0.05) is 49.0 Å². The summed E-state index contributed by atoms with van der Waals surface area (Å²) in [6.45, 7) is 2.17. The standard InChI is InChI=1S/C19H19N5O2S/c25-18(12-15-2-1-11-27-15)23-7-9-24(10-8-23)19(26)17-13-16(21-22-17)14-3-5-20-6-4-14/h1-6,11,13H,7-10,12H2,(H,21,22). The zero-order valence-corrected chi connectivity index (χ0v) is 15.5. The third kappa shape index (κ3) is 3.90. The molecule has 0 atom stereocenters. The minimum Gasteiger partial charge on any atom is -0.339 e. The van der Waals surface area contributed by atoms with Crippen molar-refractivity contribution in [2.45, 2.75) is 6.42 Å². The Balaban J connectivity index is 1.35. The third-order valence-corrected chi connectivity index (χ3v) is 5.49. The van der Waals surface area contributed by atoms with Crippen molar-refractivity contribution in [3.63, 3.8) is 0 Å². The Morgan fingerprint density at radius 1 is 1.07 bits per heavy atom. The topological polar surface area (TPSA) is 82.2 Å². The van der Waals surface area contributed by atoms with E-state index < -0.39 is 0 Å². The summed E-state index contributed by atoms with van der Waals surface area (Å²) in [5.74, 6) is 0.0271. The second kappa shape index (κ2) is 7.71. The fourth-order valence-electron chi connectivity index (χ4n) is 3.11. The summed E-state index contributed by atoms with van der Waals surface area (Å²) in [5, 5.41) is 9.02. The van der Waals surface area contributed by atoms with Gasteiger partial charge in [0.1, 0.15) is 5.69 Å². The fraction of sp³-hybridized carbons (Fsp3) is 0.263. The Labute approximate surface area is 160 Å². The van der Waals surface area contributed by atoms with Gasteiger partial charge in [-0.25, -0.2) is 0 Å². The SMILES string of the molecule is O=C(Cc1cccs1)N1CCN(C(=O)c2cc(-c3ccncc3)n[nH]2)CC1. The van der Waals surface area contributed by atoms with Crippen molar-refractivity contribution in [3.05, 3.63) is 58.7 Å². The summed E-state index contributed by atoms with van der Waals surface area (Å²) < 4.78 is 0. The van der Waals surface area contributed by atoms with Crippen molar-refractivity contribution in [2.75, 3.05) is 26.2 Å². The van der Waals surface area contributed by atoms with E-state index in [1.807, 2.05) is 34.5 Å². The molecule has 0 bridgehead atoms. The van der Waals surface area contributed by atoms with Crippen LogP contribution in [0.4, 0.5) is 0 Å². The van der Waals surface area contributed by atoms with Crippen molar-refractivity contribution >= 4 is 23.2 Å². The van der Waals surface area contributed by atoms with Gasteiger partial charge in [0.2, 0.25) is 5.91 Å². The number of rotatable bonds is 4. The van der Waals surface area contributed by atoms with E-state index in [0.717, 1.165) is 10.4 Å². The van der Waals surface area contributed by atoms with Gasteiger partial charge in [0.05, 0.1) is 12.1 Å². The molecule has 0 spiro atoms. The molecule has 0 radical (unpaired) electrons. The number of hydrogen-bond donors (Lipinski definition) is 1. The van der Waals surface area contributed by atoms with Gasteiger partial charge in [-0.2, -0.15) is 5.10 Å². The Bertz CT molecular complexity index is 915. The molecule has 1 N–H and O–H groups in total. The summed E-state index contributed by atoms with van der Waals surface area (Å²) >= 11 is 1.59. The van der Waals surface area contributed by atoms with Crippen LogP contribution in [0.1, 0.15) is 15.4 Å². The lowest BCUT2D eigenvalue weighted by molar-refractivity contribution is -0.131. The Hall–Kier alpha value is -3.00. The molecule has 1 aliphatic heterocycles. The number of H-pyrrole nitrogens is 1. The van der Waals surface area contributed by atoms with Gasteiger partial charge in [-0.1, -0.05) is 6.07 Å². The maximum Gasteiger partial charge on any atom is 0.272 e. The number of aromatic nitrogens is 3. The van der Waals surface area contributed by atoms with Crippen LogP contribution in [0.5, 0.6) is 0 Å². The molecule has 0 saturated carbocycles. The molecule has 0 unspecified atom stereocenters. The molecular weight excluding hydrogens is 362 g/mol. The van der Waals surface area contributed by atoms with Gasteiger partial charge in [-0.05, 0) is 29.6 Å². The van der Waals surface area contributed by atoms with Crippen LogP contribution in [0.15, 0.2) is 48.1 Å². The highest BCUT2D eigenvalue weighted by atomic mass is 32.1. The lowest BCUT2D eigenvalue weighted by Gasteiger charge is -2.34. The van der Waals surface area contributed by atoms with Crippen LogP contribution in [0, 0.1) is 0 Å². The van der Waals surface area contributed by atoms with Crippen molar-refractivity contribution in [2.24, 2.45) is 0 Å². The largest absolute Gasteiger partial charge is 0.339 e. The third-order valence-electron chi connectivity index (χ3n) is 4.61. The summed E-state index contributed by atoms with van der Waals surface area (Å²) in [6.07, 6.45) is 3.82.